The van der Waals surface area contributed by atoms with Gasteiger partial charge in [-0.1, -0.05) is 37.3 Å². The van der Waals surface area contributed by atoms with Crippen molar-refractivity contribution >= 4 is 11.7 Å². The molecule has 5 heteroatoms. The molecule has 132 valence electrons. The summed E-state index contributed by atoms with van der Waals surface area (Å²) in [5, 5.41) is 5.76. The van der Waals surface area contributed by atoms with Gasteiger partial charge in [-0.2, -0.15) is 0 Å². The smallest absolute Gasteiger partial charge is 0.319 e. The van der Waals surface area contributed by atoms with Crippen LogP contribution in [0.3, 0.4) is 0 Å². The molecule has 3 rings (SSSR count). The second-order valence-corrected chi connectivity index (χ2v) is 5.75. The van der Waals surface area contributed by atoms with Crippen molar-refractivity contribution in [2.45, 2.75) is 19.9 Å². The van der Waals surface area contributed by atoms with Crippen molar-refractivity contribution in [2.75, 3.05) is 5.32 Å². The average Bonchev–Trinajstić information content (AvgIpc) is 2.69. The van der Waals surface area contributed by atoms with E-state index < -0.39 is 0 Å². The lowest BCUT2D eigenvalue weighted by molar-refractivity contribution is 0.251. The standard InChI is InChI=1S/C21H21N3O2/c1-2-17-5-3-4-6-20(17)24-21(25)23-15-16-7-9-18(10-8-16)26-19-11-13-22-14-12-19/h3-14H,2,15H2,1H3,(H2,23,24,25). The van der Waals surface area contributed by atoms with Gasteiger partial charge in [0, 0.05) is 24.6 Å². The maximum Gasteiger partial charge on any atom is 0.319 e. The molecule has 26 heavy (non-hydrogen) atoms. The fourth-order valence-corrected chi connectivity index (χ4v) is 2.52. The van der Waals surface area contributed by atoms with Gasteiger partial charge in [0.15, 0.2) is 0 Å². The zero-order valence-electron chi connectivity index (χ0n) is 14.6. The van der Waals surface area contributed by atoms with Crippen molar-refractivity contribution in [2.24, 2.45) is 0 Å². The molecule has 2 N–H and O–H groups in total. The second-order valence-electron chi connectivity index (χ2n) is 5.75. The van der Waals surface area contributed by atoms with Gasteiger partial charge in [0.25, 0.3) is 0 Å². The number of urea groups is 1. The lowest BCUT2D eigenvalue weighted by atomic mass is 10.1. The Morgan fingerprint density at radius 3 is 2.38 bits per heavy atom. The van der Waals surface area contributed by atoms with Crippen LogP contribution >= 0.6 is 0 Å². The van der Waals surface area contributed by atoms with E-state index in [1.54, 1.807) is 24.5 Å². The van der Waals surface area contributed by atoms with Crippen molar-refractivity contribution in [3.63, 3.8) is 0 Å². The van der Waals surface area contributed by atoms with Crippen LogP contribution < -0.4 is 15.4 Å². The van der Waals surface area contributed by atoms with Gasteiger partial charge in [-0.3, -0.25) is 4.98 Å². The predicted octanol–water partition coefficient (Wildman–Crippen LogP) is 4.76. The van der Waals surface area contributed by atoms with Gasteiger partial charge in [-0.05, 0) is 47.9 Å². The number of hydrogen-bond donors (Lipinski definition) is 2. The zero-order valence-corrected chi connectivity index (χ0v) is 14.6. The van der Waals surface area contributed by atoms with Gasteiger partial charge in [0.2, 0.25) is 0 Å². The first-order valence-corrected chi connectivity index (χ1v) is 8.54. The number of benzene rings is 2. The minimum atomic E-state index is -0.219. The monoisotopic (exact) mass is 347 g/mol. The number of nitrogens with zero attached hydrogens (tertiary/aromatic N) is 1. The van der Waals surface area contributed by atoms with Crippen LogP contribution in [-0.4, -0.2) is 11.0 Å². The molecule has 0 unspecified atom stereocenters. The lowest BCUT2D eigenvalue weighted by Gasteiger charge is -2.11. The average molecular weight is 347 g/mol. The third-order valence-corrected chi connectivity index (χ3v) is 3.91. The third-order valence-electron chi connectivity index (χ3n) is 3.91. The molecule has 3 aromatic rings. The number of para-hydroxylation sites is 1. The van der Waals surface area contributed by atoms with E-state index in [1.807, 2.05) is 48.5 Å². The molecule has 2 aromatic carbocycles. The Labute approximate surface area is 153 Å². The SMILES string of the molecule is CCc1ccccc1NC(=O)NCc1ccc(Oc2ccncc2)cc1. The van der Waals surface area contributed by atoms with E-state index in [9.17, 15) is 4.79 Å². The molecule has 5 nitrogen and oxygen atoms in total. The first kappa shape index (κ1) is 17.5. The zero-order chi connectivity index (χ0) is 18.2. The summed E-state index contributed by atoms with van der Waals surface area (Å²) in [6.45, 7) is 2.50. The van der Waals surface area contributed by atoms with Crippen LogP contribution in [0.15, 0.2) is 73.1 Å². The molecule has 0 aliphatic heterocycles. The van der Waals surface area contributed by atoms with Gasteiger partial charge < -0.3 is 15.4 Å². The molecule has 1 aromatic heterocycles. The number of pyridine rings is 1. The number of aryl methyl sites for hydroxylation is 1. The second kappa shape index (κ2) is 8.67. The predicted molar refractivity (Wildman–Crippen MR) is 102 cm³/mol. The molecule has 0 radical (unpaired) electrons. The number of nitrogens with one attached hydrogen (secondary N) is 2. The van der Waals surface area contributed by atoms with Crippen LogP contribution in [0.5, 0.6) is 11.5 Å². The molecule has 0 spiro atoms. The van der Waals surface area contributed by atoms with Gasteiger partial charge >= 0.3 is 6.03 Å². The third kappa shape index (κ3) is 4.83. The summed E-state index contributed by atoms with van der Waals surface area (Å²) in [6.07, 6.45) is 4.24. The van der Waals surface area contributed by atoms with E-state index in [-0.39, 0.29) is 6.03 Å². The summed E-state index contributed by atoms with van der Waals surface area (Å²) in [6, 6.07) is 18.8. The summed E-state index contributed by atoms with van der Waals surface area (Å²) in [5.74, 6) is 1.47. The van der Waals surface area contributed by atoms with Crippen LogP contribution in [0.25, 0.3) is 0 Å². The van der Waals surface area contributed by atoms with Crippen molar-refractivity contribution in [1.29, 1.82) is 0 Å². The minimum absolute atomic E-state index is 0.219. The highest BCUT2D eigenvalue weighted by molar-refractivity contribution is 5.90. The quantitative estimate of drug-likeness (QED) is 0.676. The number of aromatic nitrogens is 1. The molecule has 0 atom stereocenters. The molecular weight excluding hydrogens is 326 g/mol. The summed E-state index contributed by atoms with van der Waals surface area (Å²) < 4.78 is 5.72. The lowest BCUT2D eigenvalue weighted by Crippen LogP contribution is -2.28. The number of carbonyl (C=O) groups is 1. The Hall–Kier alpha value is -3.34. The fourth-order valence-electron chi connectivity index (χ4n) is 2.52. The highest BCUT2D eigenvalue weighted by Gasteiger charge is 2.05. The van der Waals surface area contributed by atoms with Crippen molar-refractivity contribution in [3.8, 4) is 11.5 Å². The van der Waals surface area contributed by atoms with Crippen LogP contribution in [0.1, 0.15) is 18.1 Å². The number of amides is 2. The maximum absolute atomic E-state index is 12.1. The van der Waals surface area contributed by atoms with Crippen LogP contribution in [0, 0.1) is 0 Å². The molecule has 0 aliphatic carbocycles. The van der Waals surface area contributed by atoms with Gasteiger partial charge in [0.05, 0.1) is 0 Å². The first-order chi connectivity index (χ1) is 12.7. The van der Waals surface area contributed by atoms with Crippen molar-refractivity contribution in [1.82, 2.24) is 10.3 Å². The van der Waals surface area contributed by atoms with Gasteiger partial charge in [-0.15, -0.1) is 0 Å². The van der Waals surface area contributed by atoms with E-state index in [0.29, 0.717) is 6.54 Å². The highest BCUT2D eigenvalue weighted by Crippen LogP contribution is 2.20. The largest absolute Gasteiger partial charge is 0.457 e. The molecule has 0 saturated heterocycles. The number of ether oxygens (including phenoxy) is 1. The Morgan fingerprint density at radius 1 is 0.962 bits per heavy atom. The van der Waals surface area contributed by atoms with Crippen LogP contribution in [0.2, 0.25) is 0 Å². The Bertz CT molecular complexity index is 849. The normalized spacial score (nSPS) is 10.2. The van der Waals surface area contributed by atoms with E-state index in [2.05, 4.69) is 22.5 Å². The Kier molecular flexibility index (Phi) is 5.83. The summed E-state index contributed by atoms with van der Waals surface area (Å²) >= 11 is 0. The maximum atomic E-state index is 12.1. The van der Waals surface area contributed by atoms with E-state index >= 15 is 0 Å². The Balaban J connectivity index is 1.52. The number of hydrogen-bond acceptors (Lipinski definition) is 3. The van der Waals surface area contributed by atoms with E-state index in [4.69, 9.17) is 4.74 Å². The molecule has 0 bridgehead atoms. The molecule has 0 fully saturated rings. The fraction of sp³-hybridized carbons (Fsp3) is 0.143. The summed E-state index contributed by atoms with van der Waals surface area (Å²) in [4.78, 5) is 16.1. The van der Waals surface area contributed by atoms with E-state index in [0.717, 1.165) is 34.7 Å². The van der Waals surface area contributed by atoms with Crippen LogP contribution in [-0.2, 0) is 13.0 Å². The van der Waals surface area contributed by atoms with Crippen LogP contribution in [0.4, 0.5) is 10.5 Å². The number of rotatable bonds is 6. The van der Waals surface area contributed by atoms with Crippen molar-refractivity contribution < 1.29 is 9.53 Å². The number of anilines is 1. The molecule has 0 aliphatic rings. The van der Waals surface area contributed by atoms with Gasteiger partial charge in [-0.25, -0.2) is 4.79 Å². The highest BCUT2D eigenvalue weighted by atomic mass is 16.5. The summed E-state index contributed by atoms with van der Waals surface area (Å²) in [7, 11) is 0. The summed E-state index contributed by atoms with van der Waals surface area (Å²) in [5.41, 5.74) is 2.94. The topological polar surface area (TPSA) is 63.2 Å². The molecule has 2 amide bonds. The Morgan fingerprint density at radius 2 is 1.65 bits per heavy atom. The minimum Gasteiger partial charge on any atom is -0.457 e. The number of carbonyl (C=O) groups excluding carboxylic acids is 1. The molecule has 0 saturated carbocycles. The molecular formula is C21H21N3O2. The van der Waals surface area contributed by atoms with Crippen molar-refractivity contribution in [3.05, 3.63) is 84.2 Å². The van der Waals surface area contributed by atoms with Gasteiger partial charge in [0.1, 0.15) is 11.5 Å². The van der Waals surface area contributed by atoms with E-state index in [1.165, 1.54) is 0 Å². The molecule has 1 heterocycles. The first-order valence-electron chi connectivity index (χ1n) is 8.54.